The highest BCUT2D eigenvalue weighted by Gasteiger charge is 2.34. The molecule has 1 fully saturated rings. The predicted octanol–water partition coefficient (Wildman–Crippen LogP) is 1.60. The summed E-state index contributed by atoms with van der Waals surface area (Å²) >= 11 is 0. The molecule has 1 aliphatic rings. The van der Waals surface area contributed by atoms with Gasteiger partial charge in [0.2, 0.25) is 0 Å². The molecule has 2 unspecified atom stereocenters. The molecule has 3 heteroatoms. The number of nitrogens with two attached hydrogens (primary N) is 1. The van der Waals surface area contributed by atoms with Crippen LogP contribution in [0, 0.1) is 5.41 Å². The summed E-state index contributed by atoms with van der Waals surface area (Å²) in [6, 6.07) is 0.719. The average Bonchev–Trinajstić information content (AvgIpc) is 2.69. The molecule has 0 aromatic carbocycles. The highest BCUT2D eigenvalue weighted by atomic mass is 16.3. The van der Waals surface area contributed by atoms with Crippen molar-refractivity contribution in [3.05, 3.63) is 0 Å². The van der Waals surface area contributed by atoms with Crippen LogP contribution in [0.3, 0.4) is 0 Å². The van der Waals surface area contributed by atoms with Crippen molar-refractivity contribution in [1.29, 1.82) is 0 Å². The normalized spacial score (nSPS) is 22.7. The Kier molecular flexibility index (Phi) is 4.77. The predicted molar refractivity (Wildman–Crippen MR) is 68.3 cm³/mol. The molecular formula is C13H28N2O. The van der Waals surface area contributed by atoms with Crippen molar-refractivity contribution in [3.63, 3.8) is 0 Å². The molecule has 0 spiro atoms. The molecule has 0 saturated heterocycles. The van der Waals surface area contributed by atoms with Crippen molar-refractivity contribution in [2.24, 2.45) is 11.1 Å². The maximum absolute atomic E-state index is 9.57. The van der Waals surface area contributed by atoms with E-state index < -0.39 is 0 Å². The van der Waals surface area contributed by atoms with E-state index in [1.807, 2.05) is 0 Å². The van der Waals surface area contributed by atoms with Gasteiger partial charge in [-0.3, -0.25) is 4.90 Å². The van der Waals surface area contributed by atoms with Crippen molar-refractivity contribution in [2.45, 2.75) is 64.6 Å². The van der Waals surface area contributed by atoms with E-state index in [-0.39, 0.29) is 24.1 Å². The fourth-order valence-corrected chi connectivity index (χ4v) is 2.66. The van der Waals surface area contributed by atoms with Crippen LogP contribution in [0.4, 0.5) is 0 Å². The largest absolute Gasteiger partial charge is 0.395 e. The van der Waals surface area contributed by atoms with E-state index in [0.29, 0.717) is 6.04 Å². The van der Waals surface area contributed by atoms with Gasteiger partial charge in [0.25, 0.3) is 0 Å². The lowest BCUT2D eigenvalue weighted by atomic mass is 9.82. The fourth-order valence-electron chi connectivity index (χ4n) is 2.66. The Morgan fingerprint density at radius 2 is 1.81 bits per heavy atom. The molecule has 0 radical (unpaired) electrons. The number of aliphatic hydroxyl groups is 1. The molecule has 16 heavy (non-hydrogen) atoms. The van der Waals surface area contributed by atoms with Gasteiger partial charge in [-0.1, -0.05) is 33.6 Å². The number of rotatable bonds is 4. The Labute approximate surface area is 100 Å². The second kappa shape index (κ2) is 5.48. The summed E-state index contributed by atoms with van der Waals surface area (Å²) in [5.41, 5.74) is 6.31. The minimum Gasteiger partial charge on any atom is -0.395 e. The van der Waals surface area contributed by atoms with Crippen molar-refractivity contribution in [3.8, 4) is 0 Å². The highest BCUT2D eigenvalue weighted by molar-refractivity contribution is 4.91. The molecule has 0 aromatic heterocycles. The van der Waals surface area contributed by atoms with Crippen molar-refractivity contribution >= 4 is 0 Å². The molecule has 1 aliphatic carbocycles. The molecule has 0 heterocycles. The second-order valence-electron chi connectivity index (χ2n) is 6.25. The minimum atomic E-state index is 0.0168. The summed E-state index contributed by atoms with van der Waals surface area (Å²) in [5.74, 6) is 0. The molecule has 0 aromatic rings. The standard InChI is InChI=1S/C13H28N2O/c1-13(2,3)12(14)11(9-16)15(4)10-7-5-6-8-10/h10-12,16H,5-9,14H2,1-4H3. The van der Waals surface area contributed by atoms with E-state index in [9.17, 15) is 5.11 Å². The Morgan fingerprint density at radius 1 is 1.31 bits per heavy atom. The van der Waals surface area contributed by atoms with Crippen LogP contribution >= 0.6 is 0 Å². The van der Waals surface area contributed by atoms with E-state index in [0.717, 1.165) is 0 Å². The maximum atomic E-state index is 9.57. The molecular weight excluding hydrogens is 200 g/mol. The zero-order chi connectivity index (χ0) is 12.3. The zero-order valence-electron chi connectivity index (χ0n) is 11.2. The summed E-state index contributed by atoms with van der Waals surface area (Å²) < 4.78 is 0. The van der Waals surface area contributed by atoms with Crippen LogP contribution < -0.4 is 5.73 Å². The molecule has 1 saturated carbocycles. The number of nitrogens with zero attached hydrogens (tertiary/aromatic N) is 1. The monoisotopic (exact) mass is 228 g/mol. The van der Waals surface area contributed by atoms with Crippen LogP contribution in [-0.4, -0.2) is 41.8 Å². The van der Waals surface area contributed by atoms with Crippen molar-refractivity contribution in [2.75, 3.05) is 13.7 Å². The van der Waals surface area contributed by atoms with Gasteiger partial charge in [-0.15, -0.1) is 0 Å². The highest BCUT2D eigenvalue weighted by Crippen LogP contribution is 2.28. The van der Waals surface area contributed by atoms with Gasteiger partial charge in [0, 0.05) is 18.1 Å². The third kappa shape index (κ3) is 3.19. The number of aliphatic hydroxyl groups excluding tert-OH is 1. The van der Waals surface area contributed by atoms with Crippen molar-refractivity contribution in [1.82, 2.24) is 4.90 Å². The lowest BCUT2D eigenvalue weighted by molar-refractivity contribution is 0.0619. The van der Waals surface area contributed by atoms with Crippen LogP contribution in [0.15, 0.2) is 0 Å². The molecule has 3 N–H and O–H groups in total. The summed E-state index contributed by atoms with van der Waals surface area (Å²) in [6.07, 6.45) is 5.14. The fraction of sp³-hybridized carbons (Fsp3) is 1.00. The summed E-state index contributed by atoms with van der Waals surface area (Å²) in [4.78, 5) is 2.31. The third-order valence-corrected chi connectivity index (χ3v) is 4.03. The number of likely N-dealkylation sites (N-methyl/N-ethyl adjacent to an activating group) is 1. The van der Waals surface area contributed by atoms with Crippen LogP contribution in [0.5, 0.6) is 0 Å². The smallest absolute Gasteiger partial charge is 0.0602 e. The van der Waals surface area contributed by atoms with Crippen LogP contribution in [0.1, 0.15) is 46.5 Å². The lowest BCUT2D eigenvalue weighted by Gasteiger charge is -2.41. The molecule has 0 amide bonds. The van der Waals surface area contributed by atoms with Crippen molar-refractivity contribution < 1.29 is 5.11 Å². The summed E-state index contributed by atoms with van der Waals surface area (Å²) in [7, 11) is 2.11. The van der Waals surface area contributed by atoms with Crippen LogP contribution in [0.2, 0.25) is 0 Å². The summed E-state index contributed by atoms with van der Waals surface area (Å²) in [6.45, 7) is 6.58. The molecule has 2 atom stereocenters. The molecule has 3 nitrogen and oxygen atoms in total. The van der Waals surface area contributed by atoms with Gasteiger partial charge in [-0.25, -0.2) is 0 Å². The lowest BCUT2D eigenvalue weighted by Crippen LogP contribution is -2.56. The van der Waals surface area contributed by atoms with E-state index >= 15 is 0 Å². The Morgan fingerprint density at radius 3 is 2.19 bits per heavy atom. The van der Waals surface area contributed by atoms with Gasteiger partial charge < -0.3 is 10.8 Å². The SMILES string of the molecule is CN(C1CCCC1)C(CO)C(N)C(C)(C)C. The van der Waals surface area contributed by atoms with Gasteiger partial charge in [0.1, 0.15) is 0 Å². The topological polar surface area (TPSA) is 49.5 Å². The number of hydrogen-bond acceptors (Lipinski definition) is 3. The third-order valence-electron chi connectivity index (χ3n) is 4.03. The van der Waals surface area contributed by atoms with E-state index in [4.69, 9.17) is 5.73 Å². The first kappa shape index (κ1) is 13.9. The first-order valence-corrected chi connectivity index (χ1v) is 6.46. The minimum absolute atomic E-state index is 0.0168. The number of hydrogen-bond donors (Lipinski definition) is 2. The van der Waals surface area contributed by atoms with Gasteiger partial charge in [0.05, 0.1) is 6.61 Å². The molecule has 0 bridgehead atoms. The van der Waals surface area contributed by atoms with Crippen LogP contribution in [0.25, 0.3) is 0 Å². The van der Waals surface area contributed by atoms with Crippen LogP contribution in [-0.2, 0) is 0 Å². The Bertz CT molecular complexity index is 206. The van der Waals surface area contributed by atoms with Gasteiger partial charge in [-0.05, 0) is 25.3 Å². The molecule has 1 rings (SSSR count). The van der Waals surface area contributed by atoms with Gasteiger partial charge >= 0.3 is 0 Å². The van der Waals surface area contributed by atoms with E-state index in [1.165, 1.54) is 25.7 Å². The second-order valence-corrected chi connectivity index (χ2v) is 6.25. The van der Waals surface area contributed by atoms with E-state index in [1.54, 1.807) is 0 Å². The maximum Gasteiger partial charge on any atom is 0.0602 e. The van der Waals surface area contributed by atoms with Gasteiger partial charge in [-0.2, -0.15) is 0 Å². The first-order chi connectivity index (χ1) is 7.38. The van der Waals surface area contributed by atoms with Gasteiger partial charge in [0.15, 0.2) is 0 Å². The van der Waals surface area contributed by atoms with E-state index in [2.05, 4.69) is 32.7 Å². The average molecular weight is 228 g/mol. The zero-order valence-corrected chi connectivity index (χ0v) is 11.2. The quantitative estimate of drug-likeness (QED) is 0.768. The first-order valence-electron chi connectivity index (χ1n) is 6.46. The Balaban J connectivity index is 2.65. The summed E-state index contributed by atoms with van der Waals surface area (Å²) in [5, 5.41) is 9.57. The molecule has 96 valence electrons. The molecule has 0 aliphatic heterocycles. The Hall–Kier alpha value is -0.120.